The van der Waals surface area contributed by atoms with E-state index in [-0.39, 0.29) is 5.56 Å². The van der Waals surface area contributed by atoms with Gasteiger partial charge < -0.3 is 19.9 Å². The molecule has 132 valence electrons. The Morgan fingerprint density at radius 3 is 2.36 bits per heavy atom. The fourth-order valence-corrected chi connectivity index (χ4v) is 1.93. The maximum Gasteiger partial charge on any atom is 0.342 e. The van der Waals surface area contributed by atoms with Gasteiger partial charge in [-0.1, -0.05) is 6.07 Å². The van der Waals surface area contributed by atoms with E-state index in [0.29, 0.717) is 5.75 Å². The first kappa shape index (κ1) is 18.2. The lowest BCUT2D eigenvalue weighted by molar-refractivity contribution is -0.123. The Balaban J connectivity index is 2.07. The van der Waals surface area contributed by atoms with E-state index in [1.807, 2.05) is 5.32 Å². The SMILES string of the molecule is COc1ccc(C(=O)O[C@H](C)C(=O)Nc2c(F)cccc2F)c(O)c1. The van der Waals surface area contributed by atoms with Crippen LogP contribution >= 0.6 is 0 Å². The molecular formula is C17H15F2NO5. The number of hydrogen-bond donors (Lipinski definition) is 2. The highest BCUT2D eigenvalue weighted by molar-refractivity contribution is 5.98. The van der Waals surface area contributed by atoms with E-state index in [2.05, 4.69) is 0 Å². The second-order valence-electron chi connectivity index (χ2n) is 5.02. The quantitative estimate of drug-likeness (QED) is 0.809. The fourth-order valence-electron chi connectivity index (χ4n) is 1.93. The highest BCUT2D eigenvalue weighted by atomic mass is 19.1. The van der Waals surface area contributed by atoms with Crippen LogP contribution in [0.1, 0.15) is 17.3 Å². The molecule has 2 aromatic carbocycles. The van der Waals surface area contributed by atoms with Gasteiger partial charge in [-0.2, -0.15) is 0 Å². The summed E-state index contributed by atoms with van der Waals surface area (Å²) < 4.78 is 36.8. The third-order valence-electron chi connectivity index (χ3n) is 3.29. The zero-order valence-corrected chi connectivity index (χ0v) is 13.4. The Bertz CT molecular complexity index is 789. The third-order valence-corrected chi connectivity index (χ3v) is 3.29. The summed E-state index contributed by atoms with van der Waals surface area (Å²) in [6.07, 6.45) is -1.35. The van der Waals surface area contributed by atoms with Gasteiger partial charge in [0, 0.05) is 6.07 Å². The van der Waals surface area contributed by atoms with Gasteiger partial charge in [0.25, 0.3) is 5.91 Å². The highest BCUT2D eigenvalue weighted by Crippen LogP contribution is 2.24. The van der Waals surface area contributed by atoms with Crippen molar-refractivity contribution in [2.45, 2.75) is 13.0 Å². The number of phenolic OH excluding ortho intramolecular Hbond substituents is 1. The Kier molecular flexibility index (Phi) is 5.53. The van der Waals surface area contributed by atoms with Crippen molar-refractivity contribution in [3.05, 3.63) is 53.6 Å². The van der Waals surface area contributed by atoms with Crippen molar-refractivity contribution in [2.75, 3.05) is 12.4 Å². The van der Waals surface area contributed by atoms with Crippen LogP contribution in [-0.2, 0) is 9.53 Å². The maximum absolute atomic E-state index is 13.5. The predicted octanol–water partition coefficient (Wildman–Crippen LogP) is 2.86. The summed E-state index contributed by atoms with van der Waals surface area (Å²) in [6.45, 7) is 1.23. The van der Waals surface area contributed by atoms with Crippen LogP contribution in [0.2, 0.25) is 0 Å². The lowest BCUT2D eigenvalue weighted by Gasteiger charge is -2.15. The molecule has 1 amide bonds. The summed E-state index contributed by atoms with van der Waals surface area (Å²) in [5, 5.41) is 11.8. The van der Waals surface area contributed by atoms with Gasteiger partial charge in [0.15, 0.2) is 6.10 Å². The Morgan fingerprint density at radius 1 is 1.16 bits per heavy atom. The van der Waals surface area contributed by atoms with E-state index in [4.69, 9.17) is 9.47 Å². The molecule has 25 heavy (non-hydrogen) atoms. The van der Waals surface area contributed by atoms with E-state index >= 15 is 0 Å². The van der Waals surface area contributed by atoms with Crippen LogP contribution in [0.4, 0.5) is 14.5 Å². The largest absolute Gasteiger partial charge is 0.507 e. The number of methoxy groups -OCH3 is 1. The molecule has 1 atom stereocenters. The molecular weight excluding hydrogens is 336 g/mol. The second kappa shape index (κ2) is 7.61. The molecule has 6 nitrogen and oxygen atoms in total. The normalized spacial score (nSPS) is 11.5. The third kappa shape index (κ3) is 4.23. The molecule has 0 aliphatic carbocycles. The zero-order chi connectivity index (χ0) is 18.6. The summed E-state index contributed by atoms with van der Waals surface area (Å²) in [6, 6.07) is 7.00. The smallest absolute Gasteiger partial charge is 0.342 e. The van der Waals surface area contributed by atoms with Gasteiger partial charge in [0.2, 0.25) is 0 Å². The van der Waals surface area contributed by atoms with Gasteiger partial charge in [-0.05, 0) is 31.2 Å². The minimum atomic E-state index is -1.35. The van der Waals surface area contributed by atoms with Gasteiger partial charge in [-0.3, -0.25) is 4.79 Å². The minimum Gasteiger partial charge on any atom is -0.507 e. The van der Waals surface area contributed by atoms with Crippen molar-refractivity contribution >= 4 is 17.6 Å². The predicted molar refractivity (Wildman–Crippen MR) is 84.5 cm³/mol. The van der Waals surface area contributed by atoms with Crippen molar-refractivity contribution in [3.8, 4) is 11.5 Å². The number of aromatic hydroxyl groups is 1. The van der Waals surface area contributed by atoms with Crippen molar-refractivity contribution in [2.24, 2.45) is 0 Å². The molecule has 0 bridgehead atoms. The van der Waals surface area contributed by atoms with Crippen LogP contribution in [-0.4, -0.2) is 30.2 Å². The number of carbonyl (C=O) groups excluding carboxylic acids is 2. The summed E-state index contributed by atoms with van der Waals surface area (Å²) in [7, 11) is 1.39. The second-order valence-corrected chi connectivity index (χ2v) is 5.02. The van der Waals surface area contributed by atoms with Crippen molar-refractivity contribution < 1.29 is 33.0 Å². The molecule has 0 aromatic heterocycles. The average Bonchev–Trinajstić information content (AvgIpc) is 2.57. The number of benzene rings is 2. The van der Waals surface area contributed by atoms with Gasteiger partial charge in [-0.15, -0.1) is 0 Å². The summed E-state index contributed by atoms with van der Waals surface area (Å²) >= 11 is 0. The van der Waals surface area contributed by atoms with E-state index in [1.54, 1.807) is 0 Å². The molecule has 0 aliphatic heterocycles. The van der Waals surface area contributed by atoms with Crippen LogP contribution < -0.4 is 10.1 Å². The fraction of sp³-hybridized carbons (Fsp3) is 0.176. The van der Waals surface area contributed by atoms with Gasteiger partial charge in [-0.25, -0.2) is 13.6 Å². The molecule has 2 aromatic rings. The van der Waals surface area contributed by atoms with E-state index < -0.39 is 41.1 Å². The summed E-state index contributed by atoms with van der Waals surface area (Å²) in [5.74, 6) is -3.88. The number of rotatable bonds is 5. The zero-order valence-electron chi connectivity index (χ0n) is 13.4. The van der Waals surface area contributed by atoms with Gasteiger partial charge in [0.05, 0.1) is 7.11 Å². The number of nitrogens with one attached hydrogen (secondary N) is 1. The topological polar surface area (TPSA) is 84.9 Å². The number of para-hydroxylation sites is 1. The van der Waals surface area contributed by atoms with Gasteiger partial charge >= 0.3 is 5.97 Å². The Hall–Kier alpha value is -3.16. The molecule has 0 unspecified atom stereocenters. The molecule has 0 heterocycles. The van der Waals surface area contributed by atoms with Crippen LogP contribution in [0.5, 0.6) is 11.5 Å². The van der Waals surface area contributed by atoms with E-state index in [9.17, 15) is 23.5 Å². The number of carbonyl (C=O) groups is 2. The summed E-state index contributed by atoms with van der Waals surface area (Å²) in [4.78, 5) is 24.0. The van der Waals surface area contributed by atoms with Crippen molar-refractivity contribution in [1.29, 1.82) is 0 Å². The summed E-state index contributed by atoms with van der Waals surface area (Å²) in [5.41, 5.74) is -0.819. The van der Waals surface area contributed by atoms with Crippen LogP contribution in [0.25, 0.3) is 0 Å². The minimum absolute atomic E-state index is 0.183. The average molecular weight is 351 g/mol. The lowest BCUT2D eigenvalue weighted by Crippen LogP contribution is -2.30. The first-order valence-electron chi connectivity index (χ1n) is 7.16. The lowest BCUT2D eigenvalue weighted by atomic mass is 10.2. The maximum atomic E-state index is 13.5. The number of hydrogen-bond acceptors (Lipinski definition) is 5. The molecule has 0 fully saturated rings. The Morgan fingerprint density at radius 2 is 1.80 bits per heavy atom. The number of esters is 1. The first-order valence-corrected chi connectivity index (χ1v) is 7.16. The van der Waals surface area contributed by atoms with Crippen molar-refractivity contribution in [3.63, 3.8) is 0 Å². The molecule has 8 heteroatoms. The van der Waals surface area contributed by atoms with Gasteiger partial charge in [0.1, 0.15) is 34.4 Å². The molecule has 0 spiro atoms. The van der Waals surface area contributed by atoms with Crippen LogP contribution in [0.3, 0.4) is 0 Å². The van der Waals surface area contributed by atoms with E-state index in [1.165, 1.54) is 32.2 Å². The number of ether oxygens (including phenoxy) is 2. The molecule has 0 saturated heterocycles. The molecule has 2 rings (SSSR count). The molecule has 0 radical (unpaired) electrons. The highest BCUT2D eigenvalue weighted by Gasteiger charge is 2.23. The number of phenols is 1. The first-order chi connectivity index (χ1) is 11.8. The molecule has 2 N–H and O–H groups in total. The Labute approximate surface area is 142 Å². The number of halogens is 2. The number of amides is 1. The molecule has 0 aliphatic rings. The van der Waals surface area contributed by atoms with E-state index in [0.717, 1.165) is 18.2 Å². The van der Waals surface area contributed by atoms with Crippen LogP contribution in [0.15, 0.2) is 36.4 Å². The van der Waals surface area contributed by atoms with Crippen molar-refractivity contribution in [1.82, 2.24) is 0 Å². The standard InChI is InChI=1S/C17H15F2NO5/c1-9(16(22)20-15-12(18)4-3-5-13(15)19)25-17(23)11-7-6-10(24-2)8-14(11)21/h3-9,21H,1-2H3,(H,20,22)/t9-/m1/s1. The van der Waals surface area contributed by atoms with Crippen LogP contribution in [0, 0.1) is 11.6 Å². The monoisotopic (exact) mass is 351 g/mol. The number of anilines is 1. The molecule has 0 saturated carbocycles.